The molecule has 1 aliphatic heterocycles. The van der Waals surface area contributed by atoms with Gasteiger partial charge in [-0.3, -0.25) is 4.79 Å². The lowest BCUT2D eigenvalue weighted by Crippen LogP contribution is -2.23. The second kappa shape index (κ2) is 3.50. The van der Waals surface area contributed by atoms with E-state index in [2.05, 4.69) is 15.9 Å². The van der Waals surface area contributed by atoms with E-state index < -0.39 is 0 Å². The minimum absolute atomic E-state index is 0.256. The maximum atomic E-state index is 10.5. The van der Waals surface area contributed by atoms with Crippen LogP contribution in [0.3, 0.4) is 0 Å². The number of hydrogen-bond donors (Lipinski definition) is 0. The highest BCUT2D eigenvalue weighted by molar-refractivity contribution is 9.10. The fraction of sp³-hybridized carbons (Fsp3) is 0.300. The van der Waals surface area contributed by atoms with E-state index in [1.807, 2.05) is 18.2 Å². The number of fused-ring (bicyclic) bond motifs is 1. The lowest BCUT2D eigenvalue weighted by atomic mass is 10.0. The van der Waals surface area contributed by atoms with Crippen LogP contribution in [0.15, 0.2) is 22.7 Å². The molecule has 1 aromatic carbocycles. The third-order valence-electron chi connectivity index (χ3n) is 2.15. The van der Waals surface area contributed by atoms with Crippen LogP contribution in [0.2, 0.25) is 0 Å². The molecule has 0 N–H and O–H groups in total. The van der Waals surface area contributed by atoms with Crippen LogP contribution in [0.5, 0.6) is 5.75 Å². The molecule has 0 aromatic heterocycles. The Kier molecular flexibility index (Phi) is 2.36. The van der Waals surface area contributed by atoms with Crippen LogP contribution in [-0.4, -0.2) is 12.4 Å². The molecule has 0 saturated carbocycles. The first kappa shape index (κ1) is 8.75. The number of aldehydes is 1. The smallest absolute Gasteiger partial charge is 0.160 e. The van der Waals surface area contributed by atoms with Crippen LogP contribution in [-0.2, 0) is 11.2 Å². The summed E-state index contributed by atoms with van der Waals surface area (Å²) in [6.45, 7) is 0. The standard InChI is InChI=1S/C10H9BrO2/c11-8-2-4-10-7(5-8)1-3-9(6-12)13-10/h2,4-6,9H,1,3H2. The average Bonchev–Trinajstić information content (AvgIpc) is 2.17. The predicted octanol–water partition coefficient (Wildman–Crippen LogP) is 2.34. The number of carbonyl (C=O) groups excluding carboxylic acids is 1. The maximum absolute atomic E-state index is 10.5. The van der Waals surface area contributed by atoms with Gasteiger partial charge in [-0.2, -0.15) is 0 Å². The Bertz CT molecular complexity index is 336. The zero-order chi connectivity index (χ0) is 9.26. The van der Waals surface area contributed by atoms with E-state index in [1.54, 1.807) is 0 Å². The highest BCUT2D eigenvalue weighted by Gasteiger charge is 2.18. The van der Waals surface area contributed by atoms with Gasteiger partial charge in [0.2, 0.25) is 0 Å². The Balaban J connectivity index is 2.31. The number of rotatable bonds is 1. The first-order chi connectivity index (χ1) is 6.29. The molecule has 68 valence electrons. The Labute approximate surface area is 85.0 Å². The fourth-order valence-electron chi connectivity index (χ4n) is 1.47. The Morgan fingerprint density at radius 1 is 1.54 bits per heavy atom. The number of carbonyl (C=O) groups is 1. The molecule has 1 aliphatic rings. The first-order valence-electron chi connectivity index (χ1n) is 4.20. The van der Waals surface area contributed by atoms with E-state index in [0.717, 1.165) is 29.4 Å². The molecular weight excluding hydrogens is 232 g/mol. The van der Waals surface area contributed by atoms with Crippen LogP contribution in [0, 0.1) is 0 Å². The van der Waals surface area contributed by atoms with Crippen LogP contribution in [0.4, 0.5) is 0 Å². The van der Waals surface area contributed by atoms with E-state index in [1.165, 1.54) is 5.56 Å². The molecule has 1 aromatic rings. The van der Waals surface area contributed by atoms with Gasteiger partial charge in [-0.05, 0) is 36.6 Å². The van der Waals surface area contributed by atoms with Crippen LogP contribution in [0.25, 0.3) is 0 Å². The molecule has 0 aliphatic carbocycles. The van der Waals surface area contributed by atoms with Crippen LogP contribution in [0.1, 0.15) is 12.0 Å². The highest BCUT2D eigenvalue weighted by atomic mass is 79.9. The predicted molar refractivity (Wildman–Crippen MR) is 52.9 cm³/mol. The third kappa shape index (κ3) is 1.75. The Hall–Kier alpha value is -0.830. The normalized spacial score (nSPS) is 20.2. The van der Waals surface area contributed by atoms with E-state index in [0.29, 0.717) is 0 Å². The molecule has 0 amide bonds. The van der Waals surface area contributed by atoms with Crippen LogP contribution >= 0.6 is 15.9 Å². The third-order valence-corrected chi connectivity index (χ3v) is 2.64. The quantitative estimate of drug-likeness (QED) is 0.705. The Morgan fingerprint density at radius 2 is 2.38 bits per heavy atom. The minimum Gasteiger partial charge on any atom is -0.483 e. The van der Waals surface area contributed by atoms with Gasteiger partial charge in [0.1, 0.15) is 5.75 Å². The Morgan fingerprint density at radius 3 is 3.15 bits per heavy atom. The lowest BCUT2D eigenvalue weighted by Gasteiger charge is -2.22. The van der Waals surface area contributed by atoms with Crippen molar-refractivity contribution in [2.75, 3.05) is 0 Å². The van der Waals surface area contributed by atoms with E-state index in [-0.39, 0.29) is 6.10 Å². The van der Waals surface area contributed by atoms with Crippen molar-refractivity contribution in [2.45, 2.75) is 18.9 Å². The second-order valence-corrected chi connectivity index (χ2v) is 4.00. The largest absolute Gasteiger partial charge is 0.483 e. The van der Waals surface area contributed by atoms with Crippen molar-refractivity contribution in [1.29, 1.82) is 0 Å². The molecule has 1 unspecified atom stereocenters. The van der Waals surface area contributed by atoms with Gasteiger partial charge >= 0.3 is 0 Å². The number of benzene rings is 1. The van der Waals surface area contributed by atoms with Crippen molar-refractivity contribution in [1.82, 2.24) is 0 Å². The monoisotopic (exact) mass is 240 g/mol. The van der Waals surface area contributed by atoms with Gasteiger partial charge < -0.3 is 4.74 Å². The van der Waals surface area contributed by atoms with Gasteiger partial charge in [-0.1, -0.05) is 15.9 Å². The second-order valence-electron chi connectivity index (χ2n) is 3.08. The fourth-order valence-corrected chi connectivity index (χ4v) is 1.88. The summed E-state index contributed by atoms with van der Waals surface area (Å²) in [5, 5.41) is 0. The van der Waals surface area contributed by atoms with Crippen molar-refractivity contribution in [3.8, 4) is 5.75 Å². The molecule has 0 bridgehead atoms. The van der Waals surface area contributed by atoms with Gasteiger partial charge in [-0.25, -0.2) is 0 Å². The zero-order valence-electron chi connectivity index (χ0n) is 7.00. The summed E-state index contributed by atoms with van der Waals surface area (Å²) in [5.74, 6) is 0.839. The van der Waals surface area contributed by atoms with Gasteiger partial charge in [-0.15, -0.1) is 0 Å². The van der Waals surface area contributed by atoms with Gasteiger partial charge in [0, 0.05) is 4.47 Å². The molecule has 2 rings (SSSR count). The number of halogens is 1. The SMILES string of the molecule is O=CC1CCc2cc(Br)ccc2O1. The molecule has 13 heavy (non-hydrogen) atoms. The lowest BCUT2D eigenvalue weighted by molar-refractivity contribution is -0.114. The maximum Gasteiger partial charge on any atom is 0.160 e. The molecule has 3 heteroatoms. The summed E-state index contributed by atoms with van der Waals surface area (Å²) in [6, 6.07) is 5.86. The minimum atomic E-state index is -0.256. The van der Waals surface area contributed by atoms with Gasteiger partial charge in [0.25, 0.3) is 0 Å². The summed E-state index contributed by atoms with van der Waals surface area (Å²) < 4.78 is 6.50. The van der Waals surface area contributed by atoms with Crippen molar-refractivity contribution < 1.29 is 9.53 Å². The summed E-state index contributed by atoms with van der Waals surface area (Å²) in [4.78, 5) is 10.5. The van der Waals surface area contributed by atoms with E-state index in [9.17, 15) is 4.79 Å². The molecule has 1 atom stereocenters. The summed E-state index contributed by atoms with van der Waals surface area (Å²) in [5.41, 5.74) is 1.17. The van der Waals surface area contributed by atoms with Crippen molar-refractivity contribution in [3.05, 3.63) is 28.2 Å². The zero-order valence-corrected chi connectivity index (χ0v) is 8.58. The topological polar surface area (TPSA) is 26.3 Å². The highest BCUT2D eigenvalue weighted by Crippen LogP contribution is 2.29. The van der Waals surface area contributed by atoms with Crippen LogP contribution < -0.4 is 4.74 Å². The number of aryl methyl sites for hydroxylation is 1. The van der Waals surface area contributed by atoms with Crippen molar-refractivity contribution in [3.63, 3.8) is 0 Å². The number of hydrogen-bond acceptors (Lipinski definition) is 2. The van der Waals surface area contributed by atoms with Gasteiger partial charge in [0.15, 0.2) is 12.4 Å². The molecule has 0 spiro atoms. The van der Waals surface area contributed by atoms with E-state index in [4.69, 9.17) is 4.74 Å². The van der Waals surface area contributed by atoms with E-state index >= 15 is 0 Å². The summed E-state index contributed by atoms with van der Waals surface area (Å²) in [7, 11) is 0. The molecule has 0 radical (unpaired) electrons. The van der Waals surface area contributed by atoms with Gasteiger partial charge in [0.05, 0.1) is 0 Å². The molecule has 0 saturated heterocycles. The average molecular weight is 241 g/mol. The first-order valence-corrected chi connectivity index (χ1v) is 4.99. The summed E-state index contributed by atoms with van der Waals surface area (Å²) in [6.07, 6.45) is 2.31. The molecule has 2 nitrogen and oxygen atoms in total. The molecule has 0 fully saturated rings. The summed E-state index contributed by atoms with van der Waals surface area (Å²) >= 11 is 3.40. The molecular formula is C10H9BrO2. The van der Waals surface area contributed by atoms with Crippen molar-refractivity contribution >= 4 is 22.2 Å². The number of ether oxygens (including phenoxy) is 1. The molecule has 1 heterocycles. The van der Waals surface area contributed by atoms with Crippen molar-refractivity contribution in [2.24, 2.45) is 0 Å².